The average molecular weight is 393 g/mol. The maximum Gasteiger partial charge on any atom is 0.318 e. The van der Waals surface area contributed by atoms with E-state index in [4.69, 9.17) is 4.52 Å². The van der Waals surface area contributed by atoms with Gasteiger partial charge in [-0.05, 0) is 24.1 Å². The van der Waals surface area contributed by atoms with Crippen molar-refractivity contribution in [2.24, 2.45) is 0 Å². The van der Waals surface area contributed by atoms with Crippen LogP contribution in [0.3, 0.4) is 0 Å². The highest BCUT2D eigenvalue weighted by Gasteiger charge is 2.21. The number of amides is 2. The summed E-state index contributed by atoms with van der Waals surface area (Å²) in [6.45, 7) is 7.22. The zero-order valence-corrected chi connectivity index (χ0v) is 17.1. The lowest BCUT2D eigenvalue weighted by Crippen LogP contribution is -2.40. The number of hydrogen-bond acceptors (Lipinski definition) is 5. The van der Waals surface area contributed by atoms with Crippen molar-refractivity contribution in [2.75, 3.05) is 6.54 Å². The molecule has 0 aliphatic carbocycles. The zero-order valence-electron chi connectivity index (χ0n) is 17.1. The quantitative estimate of drug-likeness (QED) is 0.661. The van der Waals surface area contributed by atoms with Gasteiger partial charge in [-0.15, -0.1) is 0 Å². The van der Waals surface area contributed by atoms with Gasteiger partial charge in [-0.1, -0.05) is 62.3 Å². The second-order valence-electron chi connectivity index (χ2n) is 7.90. The second-order valence-corrected chi connectivity index (χ2v) is 7.90. The zero-order chi connectivity index (χ0) is 20.7. The minimum Gasteiger partial charge on any atom is -0.337 e. The van der Waals surface area contributed by atoms with E-state index >= 15 is 0 Å². The van der Waals surface area contributed by atoms with Crippen LogP contribution in [0.15, 0.2) is 59.3 Å². The van der Waals surface area contributed by atoms with Crippen LogP contribution in [0.5, 0.6) is 0 Å². The molecule has 0 saturated carbocycles. The maximum atomic E-state index is 12.8. The molecule has 1 N–H and O–H groups in total. The first kappa shape index (κ1) is 20.5. The molecule has 0 bridgehead atoms. The Kier molecular flexibility index (Phi) is 6.59. The SMILES string of the molecule is CC(C)(C)c1noc(CNC(=O)N(CCc2ccccc2)Cc2ccccn2)n1. The van der Waals surface area contributed by atoms with Crippen LogP contribution in [-0.4, -0.2) is 32.6 Å². The Balaban J connectivity index is 1.63. The summed E-state index contributed by atoms with van der Waals surface area (Å²) < 4.78 is 5.26. The van der Waals surface area contributed by atoms with Gasteiger partial charge < -0.3 is 14.7 Å². The number of nitrogens with zero attached hydrogens (tertiary/aromatic N) is 4. The lowest BCUT2D eigenvalue weighted by Gasteiger charge is -2.22. The van der Waals surface area contributed by atoms with Gasteiger partial charge in [0.1, 0.15) is 0 Å². The first-order chi connectivity index (χ1) is 13.9. The molecule has 152 valence electrons. The maximum absolute atomic E-state index is 12.8. The molecule has 0 saturated heterocycles. The number of pyridine rings is 1. The molecule has 0 aliphatic heterocycles. The van der Waals surface area contributed by atoms with E-state index in [0.29, 0.717) is 24.8 Å². The summed E-state index contributed by atoms with van der Waals surface area (Å²) in [6, 6.07) is 15.6. The van der Waals surface area contributed by atoms with Crippen LogP contribution >= 0.6 is 0 Å². The smallest absolute Gasteiger partial charge is 0.318 e. The molecule has 3 aromatic rings. The highest BCUT2D eigenvalue weighted by Crippen LogP contribution is 2.18. The van der Waals surface area contributed by atoms with Gasteiger partial charge in [0.15, 0.2) is 5.82 Å². The van der Waals surface area contributed by atoms with Gasteiger partial charge in [0, 0.05) is 18.2 Å². The molecule has 0 radical (unpaired) electrons. The van der Waals surface area contributed by atoms with Crippen LogP contribution in [0, 0.1) is 0 Å². The first-order valence-corrected chi connectivity index (χ1v) is 9.71. The van der Waals surface area contributed by atoms with Crippen LogP contribution in [0.2, 0.25) is 0 Å². The number of carbonyl (C=O) groups is 1. The van der Waals surface area contributed by atoms with Gasteiger partial charge in [-0.3, -0.25) is 4.98 Å². The molecule has 0 aliphatic rings. The van der Waals surface area contributed by atoms with Crippen molar-refractivity contribution in [3.8, 4) is 0 Å². The molecule has 29 heavy (non-hydrogen) atoms. The fraction of sp³-hybridized carbons (Fsp3) is 0.364. The third-order valence-electron chi connectivity index (χ3n) is 4.41. The lowest BCUT2D eigenvalue weighted by molar-refractivity contribution is 0.193. The summed E-state index contributed by atoms with van der Waals surface area (Å²) in [6.07, 6.45) is 2.49. The summed E-state index contributed by atoms with van der Waals surface area (Å²) in [4.78, 5) is 23.3. The number of nitrogens with one attached hydrogen (secondary N) is 1. The monoisotopic (exact) mass is 393 g/mol. The van der Waals surface area contributed by atoms with E-state index in [1.54, 1.807) is 11.1 Å². The predicted octanol–water partition coefficient (Wildman–Crippen LogP) is 3.72. The third kappa shape index (κ3) is 6.14. The van der Waals surface area contributed by atoms with Crippen molar-refractivity contribution < 1.29 is 9.32 Å². The first-order valence-electron chi connectivity index (χ1n) is 9.71. The fourth-order valence-corrected chi connectivity index (χ4v) is 2.74. The Labute approximate surface area is 171 Å². The number of carbonyl (C=O) groups excluding carboxylic acids is 1. The number of hydrogen-bond donors (Lipinski definition) is 1. The van der Waals surface area contributed by atoms with E-state index in [1.165, 1.54) is 5.56 Å². The van der Waals surface area contributed by atoms with E-state index in [0.717, 1.165) is 12.1 Å². The van der Waals surface area contributed by atoms with Crippen LogP contribution in [-0.2, 0) is 24.9 Å². The lowest BCUT2D eigenvalue weighted by atomic mass is 9.96. The van der Waals surface area contributed by atoms with Crippen molar-refractivity contribution in [3.63, 3.8) is 0 Å². The van der Waals surface area contributed by atoms with E-state index in [9.17, 15) is 4.79 Å². The molecule has 1 aromatic carbocycles. The van der Waals surface area contributed by atoms with Crippen molar-refractivity contribution in [3.05, 3.63) is 77.7 Å². The number of urea groups is 1. The fourth-order valence-electron chi connectivity index (χ4n) is 2.74. The third-order valence-corrected chi connectivity index (χ3v) is 4.41. The van der Waals surface area contributed by atoms with Crippen molar-refractivity contribution in [1.82, 2.24) is 25.3 Å². The van der Waals surface area contributed by atoms with Gasteiger partial charge in [0.05, 0.1) is 18.8 Å². The Morgan fingerprint density at radius 3 is 2.52 bits per heavy atom. The molecule has 7 heteroatoms. The molecule has 0 unspecified atom stereocenters. The summed E-state index contributed by atoms with van der Waals surface area (Å²) >= 11 is 0. The molecule has 2 amide bonds. The van der Waals surface area contributed by atoms with E-state index in [2.05, 4.69) is 32.6 Å². The highest BCUT2D eigenvalue weighted by molar-refractivity contribution is 5.74. The molecule has 0 fully saturated rings. The molecule has 0 atom stereocenters. The van der Waals surface area contributed by atoms with E-state index in [-0.39, 0.29) is 18.0 Å². The van der Waals surface area contributed by atoms with Crippen LogP contribution in [0.1, 0.15) is 43.7 Å². The number of rotatable bonds is 7. The van der Waals surface area contributed by atoms with Crippen molar-refractivity contribution in [2.45, 2.75) is 45.7 Å². The summed E-state index contributed by atoms with van der Waals surface area (Å²) in [5, 5.41) is 6.88. The van der Waals surface area contributed by atoms with Gasteiger partial charge in [-0.2, -0.15) is 4.98 Å². The highest BCUT2D eigenvalue weighted by atomic mass is 16.5. The normalized spacial score (nSPS) is 11.3. The molecule has 2 aromatic heterocycles. The van der Waals surface area contributed by atoms with Gasteiger partial charge >= 0.3 is 6.03 Å². The summed E-state index contributed by atoms with van der Waals surface area (Å²) in [5.74, 6) is 1.01. The van der Waals surface area contributed by atoms with Crippen LogP contribution < -0.4 is 5.32 Å². The molecule has 0 spiro atoms. The van der Waals surface area contributed by atoms with Gasteiger partial charge in [0.2, 0.25) is 5.89 Å². The summed E-state index contributed by atoms with van der Waals surface area (Å²) in [7, 11) is 0. The largest absolute Gasteiger partial charge is 0.337 e. The molecule has 3 rings (SSSR count). The number of benzene rings is 1. The minimum atomic E-state index is -0.202. The standard InChI is InChI=1S/C22H27N5O2/c1-22(2,3)20-25-19(29-26-20)15-24-21(28)27(16-18-11-7-8-13-23-18)14-12-17-9-5-4-6-10-17/h4-11,13H,12,14-16H2,1-3H3,(H,24,28). The van der Waals surface area contributed by atoms with E-state index < -0.39 is 0 Å². The van der Waals surface area contributed by atoms with Crippen molar-refractivity contribution >= 4 is 6.03 Å². The average Bonchev–Trinajstić information content (AvgIpc) is 3.20. The molecular weight excluding hydrogens is 366 g/mol. The predicted molar refractivity (Wildman–Crippen MR) is 110 cm³/mol. The van der Waals surface area contributed by atoms with Crippen LogP contribution in [0.25, 0.3) is 0 Å². The van der Waals surface area contributed by atoms with Crippen molar-refractivity contribution in [1.29, 1.82) is 0 Å². The summed E-state index contributed by atoms with van der Waals surface area (Å²) in [5.41, 5.74) is 1.81. The number of aromatic nitrogens is 3. The molecule has 7 nitrogen and oxygen atoms in total. The Morgan fingerprint density at radius 2 is 1.86 bits per heavy atom. The second kappa shape index (κ2) is 9.32. The van der Waals surface area contributed by atoms with Gasteiger partial charge in [-0.25, -0.2) is 4.79 Å². The Hall–Kier alpha value is -3.22. The van der Waals surface area contributed by atoms with Gasteiger partial charge in [0.25, 0.3) is 0 Å². The molecule has 2 heterocycles. The van der Waals surface area contributed by atoms with E-state index in [1.807, 2.05) is 57.2 Å². The Morgan fingerprint density at radius 1 is 1.10 bits per heavy atom. The Bertz CT molecular complexity index is 904. The topological polar surface area (TPSA) is 84.2 Å². The molecular formula is C22H27N5O2. The minimum absolute atomic E-state index is 0.186. The van der Waals surface area contributed by atoms with Crippen LogP contribution in [0.4, 0.5) is 4.79 Å².